The number of benzene rings is 1. The molecule has 1 saturated heterocycles. The molecular weight excluding hydrogens is 352 g/mol. The molecule has 1 aliphatic rings. The van der Waals surface area contributed by atoms with Crippen molar-refractivity contribution in [2.24, 2.45) is 5.92 Å². The SMILES string of the molecule is Cc1ncc(CC(=O)N2CCC[C@H](CCc3ccc(F)cc3F)C2)c(=O)[nH]1. The van der Waals surface area contributed by atoms with Crippen LogP contribution in [0.5, 0.6) is 0 Å². The molecule has 2 heterocycles. The summed E-state index contributed by atoms with van der Waals surface area (Å²) in [5.41, 5.74) is 0.578. The summed E-state index contributed by atoms with van der Waals surface area (Å²) < 4.78 is 26.8. The maximum absolute atomic E-state index is 13.8. The van der Waals surface area contributed by atoms with Crippen molar-refractivity contribution in [3.05, 3.63) is 63.3 Å². The number of aryl methyl sites for hydroxylation is 2. The van der Waals surface area contributed by atoms with Gasteiger partial charge in [0.05, 0.1) is 6.42 Å². The summed E-state index contributed by atoms with van der Waals surface area (Å²) in [6.07, 6.45) is 4.58. The molecule has 1 N–H and O–H groups in total. The fourth-order valence-corrected chi connectivity index (χ4v) is 3.52. The van der Waals surface area contributed by atoms with E-state index in [0.717, 1.165) is 25.3 Å². The van der Waals surface area contributed by atoms with Gasteiger partial charge in [0.25, 0.3) is 5.56 Å². The smallest absolute Gasteiger partial charge is 0.254 e. The maximum atomic E-state index is 13.8. The molecule has 144 valence electrons. The first-order valence-electron chi connectivity index (χ1n) is 9.19. The average molecular weight is 375 g/mol. The number of amides is 1. The molecule has 1 aromatic heterocycles. The lowest BCUT2D eigenvalue weighted by Gasteiger charge is -2.33. The van der Waals surface area contributed by atoms with Crippen molar-refractivity contribution < 1.29 is 13.6 Å². The van der Waals surface area contributed by atoms with E-state index in [-0.39, 0.29) is 23.8 Å². The number of H-pyrrole nitrogens is 1. The monoisotopic (exact) mass is 375 g/mol. The third-order valence-electron chi connectivity index (χ3n) is 5.05. The van der Waals surface area contributed by atoms with Crippen LogP contribution in [0.25, 0.3) is 0 Å². The lowest BCUT2D eigenvalue weighted by Crippen LogP contribution is -2.41. The molecule has 0 bridgehead atoms. The van der Waals surface area contributed by atoms with Gasteiger partial charge in [-0.1, -0.05) is 6.07 Å². The Balaban J connectivity index is 1.56. The van der Waals surface area contributed by atoms with Gasteiger partial charge in [-0.15, -0.1) is 0 Å². The van der Waals surface area contributed by atoms with E-state index >= 15 is 0 Å². The maximum Gasteiger partial charge on any atom is 0.254 e. The molecule has 1 atom stereocenters. The van der Waals surface area contributed by atoms with Crippen molar-refractivity contribution in [2.75, 3.05) is 13.1 Å². The van der Waals surface area contributed by atoms with Crippen LogP contribution in [0.2, 0.25) is 0 Å². The van der Waals surface area contributed by atoms with E-state index in [1.807, 2.05) is 0 Å². The van der Waals surface area contributed by atoms with Crippen molar-refractivity contribution >= 4 is 5.91 Å². The highest BCUT2D eigenvalue weighted by atomic mass is 19.1. The Morgan fingerprint density at radius 1 is 1.33 bits per heavy atom. The van der Waals surface area contributed by atoms with Gasteiger partial charge >= 0.3 is 0 Å². The lowest BCUT2D eigenvalue weighted by molar-refractivity contribution is -0.132. The summed E-state index contributed by atoms with van der Waals surface area (Å²) in [5.74, 6) is -0.413. The van der Waals surface area contributed by atoms with Crippen LogP contribution in [0.15, 0.2) is 29.2 Å². The Morgan fingerprint density at radius 3 is 2.89 bits per heavy atom. The van der Waals surface area contributed by atoms with Gasteiger partial charge in [0.2, 0.25) is 5.91 Å². The molecule has 1 aliphatic heterocycles. The molecule has 1 fully saturated rings. The topological polar surface area (TPSA) is 66.1 Å². The van der Waals surface area contributed by atoms with Crippen LogP contribution in [-0.2, 0) is 17.6 Å². The highest BCUT2D eigenvalue weighted by Gasteiger charge is 2.24. The first-order valence-corrected chi connectivity index (χ1v) is 9.19. The van der Waals surface area contributed by atoms with Crippen LogP contribution < -0.4 is 5.56 Å². The van der Waals surface area contributed by atoms with Gasteiger partial charge in [-0.25, -0.2) is 13.8 Å². The highest BCUT2D eigenvalue weighted by molar-refractivity contribution is 5.78. The molecule has 0 unspecified atom stereocenters. The summed E-state index contributed by atoms with van der Waals surface area (Å²) in [7, 11) is 0. The van der Waals surface area contributed by atoms with E-state index in [0.29, 0.717) is 36.5 Å². The zero-order chi connectivity index (χ0) is 19.4. The van der Waals surface area contributed by atoms with Gasteiger partial charge in [0.15, 0.2) is 0 Å². The first-order chi connectivity index (χ1) is 12.9. The Labute approximate surface area is 156 Å². The second-order valence-corrected chi connectivity index (χ2v) is 7.12. The van der Waals surface area contributed by atoms with Gasteiger partial charge in [-0.3, -0.25) is 9.59 Å². The number of carbonyl (C=O) groups excluding carboxylic acids is 1. The molecule has 27 heavy (non-hydrogen) atoms. The van der Waals surface area contributed by atoms with Crippen LogP contribution in [-0.4, -0.2) is 33.9 Å². The number of aromatic nitrogens is 2. The number of rotatable bonds is 5. The van der Waals surface area contributed by atoms with Gasteiger partial charge < -0.3 is 9.88 Å². The number of aromatic amines is 1. The van der Waals surface area contributed by atoms with Gasteiger partial charge in [0, 0.05) is 30.9 Å². The van der Waals surface area contributed by atoms with Crippen molar-refractivity contribution in [3.63, 3.8) is 0 Å². The molecule has 7 heteroatoms. The van der Waals surface area contributed by atoms with Crippen LogP contribution in [0.4, 0.5) is 8.78 Å². The number of halogens is 2. The van der Waals surface area contributed by atoms with E-state index < -0.39 is 11.6 Å². The summed E-state index contributed by atoms with van der Waals surface area (Å²) >= 11 is 0. The first kappa shape index (κ1) is 19.2. The predicted octanol–water partition coefficient (Wildman–Crippen LogP) is 2.77. The number of piperidine rings is 1. The molecule has 0 aliphatic carbocycles. The Hall–Kier alpha value is -2.57. The van der Waals surface area contributed by atoms with E-state index in [4.69, 9.17) is 0 Å². The minimum Gasteiger partial charge on any atom is -0.342 e. The second-order valence-electron chi connectivity index (χ2n) is 7.12. The number of carbonyl (C=O) groups is 1. The minimum atomic E-state index is -0.578. The van der Waals surface area contributed by atoms with Crippen LogP contribution >= 0.6 is 0 Å². The van der Waals surface area contributed by atoms with Gasteiger partial charge in [-0.05, 0) is 50.2 Å². The zero-order valence-electron chi connectivity index (χ0n) is 15.3. The molecule has 1 amide bonds. The standard InChI is InChI=1S/C20H23F2N3O2/c1-13-23-11-16(20(27)24-13)9-19(26)25-8-2-3-14(12-25)4-5-15-6-7-17(21)10-18(15)22/h6-7,10-11,14H,2-5,8-9,12H2,1H3,(H,23,24,27)/t14-/m1/s1. The van der Waals surface area contributed by atoms with Crippen LogP contribution in [0.1, 0.15) is 36.2 Å². The summed E-state index contributed by atoms with van der Waals surface area (Å²) in [6.45, 7) is 2.95. The Morgan fingerprint density at radius 2 is 2.15 bits per heavy atom. The third-order valence-corrected chi connectivity index (χ3v) is 5.05. The van der Waals surface area contributed by atoms with Gasteiger partial charge in [-0.2, -0.15) is 0 Å². The Bertz CT molecular complexity index is 882. The fraction of sp³-hybridized carbons (Fsp3) is 0.450. The van der Waals surface area contributed by atoms with Crippen molar-refractivity contribution in [1.29, 1.82) is 0 Å². The van der Waals surface area contributed by atoms with E-state index in [1.54, 1.807) is 11.8 Å². The van der Waals surface area contributed by atoms with Crippen molar-refractivity contribution in [1.82, 2.24) is 14.9 Å². The summed E-state index contributed by atoms with van der Waals surface area (Å²) in [6, 6.07) is 3.65. The van der Waals surface area contributed by atoms with Gasteiger partial charge in [0.1, 0.15) is 17.5 Å². The zero-order valence-corrected chi connectivity index (χ0v) is 15.3. The minimum absolute atomic E-state index is 0.0297. The number of hydrogen-bond acceptors (Lipinski definition) is 3. The number of nitrogens with zero attached hydrogens (tertiary/aromatic N) is 2. The van der Waals surface area contributed by atoms with Crippen molar-refractivity contribution in [3.8, 4) is 0 Å². The molecule has 0 spiro atoms. The molecular formula is C20H23F2N3O2. The molecule has 3 rings (SSSR count). The Kier molecular flexibility index (Phi) is 5.98. The third kappa shape index (κ3) is 4.99. The summed E-state index contributed by atoms with van der Waals surface area (Å²) in [5, 5.41) is 0. The van der Waals surface area contributed by atoms with Crippen LogP contribution in [0, 0.1) is 24.5 Å². The number of hydrogen-bond donors (Lipinski definition) is 1. The van der Waals surface area contributed by atoms with E-state index in [9.17, 15) is 18.4 Å². The lowest BCUT2D eigenvalue weighted by atomic mass is 9.91. The number of nitrogens with one attached hydrogen (secondary N) is 1. The summed E-state index contributed by atoms with van der Waals surface area (Å²) in [4.78, 5) is 32.9. The molecule has 5 nitrogen and oxygen atoms in total. The molecule has 0 saturated carbocycles. The molecule has 1 aromatic carbocycles. The molecule has 0 radical (unpaired) electrons. The normalized spacial score (nSPS) is 17.1. The highest BCUT2D eigenvalue weighted by Crippen LogP contribution is 2.23. The predicted molar refractivity (Wildman–Crippen MR) is 97.3 cm³/mol. The quantitative estimate of drug-likeness (QED) is 0.874. The van der Waals surface area contributed by atoms with Crippen molar-refractivity contribution in [2.45, 2.75) is 39.0 Å². The van der Waals surface area contributed by atoms with Crippen LogP contribution in [0.3, 0.4) is 0 Å². The van der Waals surface area contributed by atoms with E-state index in [1.165, 1.54) is 18.3 Å². The van der Waals surface area contributed by atoms with E-state index in [2.05, 4.69) is 9.97 Å². The largest absolute Gasteiger partial charge is 0.342 e. The fourth-order valence-electron chi connectivity index (χ4n) is 3.52. The average Bonchev–Trinajstić information content (AvgIpc) is 2.63. The second kappa shape index (κ2) is 8.41. The molecule has 2 aromatic rings. The number of likely N-dealkylation sites (tertiary alicyclic amines) is 1.